The first-order valence-corrected chi connectivity index (χ1v) is 8.76. The van der Waals surface area contributed by atoms with Crippen LogP contribution in [0, 0.1) is 0 Å². The van der Waals surface area contributed by atoms with Gasteiger partial charge in [0, 0.05) is 17.0 Å². The van der Waals surface area contributed by atoms with Gasteiger partial charge in [-0.05, 0) is 42.0 Å². The Morgan fingerprint density at radius 3 is 2.18 bits per heavy atom. The summed E-state index contributed by atoms with van der Waals surface area (Å²) in [6.45, 7) is 0. The number of rotatable bonds is 4. The van der Waals surface area contributed by atoms with Crippen molar-refractivity contribution in [3.8, 4) is 5.75 Å². The van der Waals surface area contributed by atoms with E-state index in [1.807, 2.05) is 24.3 Å². The van der Waals surface area contributed by atoms with Crippen LogP contribution in [-0.4, -0.2) is 26.8 Å². The van der Waals surface area contributed by atoms with E-state index in [0.717, 1.165) is 11.3 Å². The summed E-state index contributed by atoms with van der Waals surface area (Å²) < 4.78 is 30.5. The van der Waals surface area contributed by atoms with Gasteiger partial charge in [0.05, 0.1) is 17.3 Å². The van der Waals surface area contributed by atoms with E-state index in [-0.39, 0.29) is 10.8 Å². The summed E-state index contributed by atoms with van der Waals surface area (Å²) in [6.07, 6.45) is 0. The van der Waals surface area contributed by atoms with Crippen molar-refractivity contribution in [3.63, 3.8) is 0 Å². The lowest BCUT2D eigenvalue weighted by Gasteiger charge is -2.05. The van der Waals surface area contributed by atoms with E-state index >= 15 is 0 Å². The average Bonchev–Trinajstić information content (AvgIpc) is 3.20. The summed E-state index contributed by atoms with van der Waals surface area (Å²) in [6, 6.07) is 13.1. The molecule has 116 valence electrons. The van der Waals surface area contributed by atoms with Crippen molar-refractivity contribution < 1.29 is 13.2 Å². The molecule has 0 aromatic heterocycles. The fourth-order valence-corrected chi connectivity index (χ4v) is 4.90. The summed E-state index contributed by atoms with van der Waals surface area (Å²) in [5.74, 6) is 0.543. The van der Waals surface area contributed by atoms with Crippen LogP contribution in [0.1, 0.15) is 11.5 Å². The normalized spacial score (nSPS) is 24.0. The van der Waals surface area contributed by atoms with Crippen molar-refractivity contribution in [2.24, 2.45) is 5.73 Å². The minimum absolute atomic E-state index is 0.188. The van der Waals surface area contributed by atoms with Gasteiger partial charge < -0.3 is 10.5 Å². The van der Waals surface area contributed by atoms with Crippen molar-refractivity contribution in [1.29, 1.82) is 0 Å². The summed E-state index contributed by atoms with van der Waals surface area (Å²) >= 11 is 5.81. The molecular weight excluding hydrogens is 322 g/mol. The fraction of sp³-hybridized carbons (Fsp3) is 0.250. The minimum atomic E-state index is -3.46. The summed E-state index contributed by atoms with van der Waals surface area (Å²) in [5, 5.41) is -0.0900. The van der Waals surface area contributed by atoms with Crippen molar-refractivity contribution in [2.75, 3.05) is 7.11 Å². The first kappa shape index (κ1) is 15.3. The van der Waals surface area contributed by atoms with Gasteiger partial charge >= 0.3 is 0 Å². The number of hydrogen-bond donors (Lipinski definition) is 1. The average molecular weight is 338 g/mol. The molecule has 0 saturated heterocycles. The molecular formula is C16H16ClNO3S. The van der Waals surface area contributed by atoms with Gasteiger partial charge in [-0.1, -0.05) is 23.7 Å². The highest BCUT2D eigenvalue weighted by atomic mass is 35.5. The molecule has 0 bridgehead atoms. The van der Waals surface area contributed by atoms with E-state index < -0.39 is 21.1 Å². The Morgan fingerprint density at radius 2 is 1.64 bits per heavy atom. The van der Waals surface area contributed by atoms with Crippen molar-refractivity contribution in [2.45, 2.75) is 22.1 Å². The predicted octanol–water partition coefficient (Wildman–Crippen LogP) is 2.62. The molecule has 6 heteroatoms. The number of nitrogens with two attached hydrogens (primary N) is 1. The third-order valence-electron chi connectivity index (χ3n) is 4.01. The zero-order chi connectivity index (χ0) is 15.9. The Balaban J connectivity index is 1.87. The molecule has 0 amide bonds. The monoisotopic (exact) mass is 337 g/mol. The van der Waals surface area contributed by atoms with E-state index in [1.165, 1.54) is 12.1 Å². The number of sulfone groups is 1. The fourth-order valence-electron chi connectivity index (χ4n) is 2.72. The minimum Gasteiger partial charge on any atom is -0.497 e. The van der Waals surface area contributed by atoms with E-state index in [0.29, 0.717) is 5.02 Å². The van der Waals surface area contributed by atoms with Crippen LogP contribution in [-0.2, 0) is 9.84 Å². The van der Waals surface area contributed by atoms with Crippen molar-refractivity contribution >= 4 is 21.4 Å². The Labute approximate surface area is 134 Å². The van der Waals surface area contributed by atoms with Crippen molar-refractivity contribution in [3.05, 3.63) is 59.1 Å². The number of hydrogen-bond acceptors (Lipinski definition) is 4. The lowest BCUT2D eigenvalue weighted by atomic mass is 10.1. The maximum atomic E-state index is 12.7. The van der Waals surface area contributed by atoms with Crippen LogP contribution >= 0.6 is 11.6 Å². The van der Waals surface area contributed by atoms with Gasteiger partial charge in [-0.3, -0.25) is 0 Å². The van der Waals surface area contributed by atoms with E-state index in [2.05, 4.69) is 0 Å². The Hall–Kier alpha value is -1.56. The highest BCUT2D eigenvalue weighted by Gasteiger charge is 2.57. The maximum absolute atomic E-state index is 12.7. The van der Waals surface area contributed by atoms with Crippen LogP contribution < -0.4 is 10.5 Å². The first-order valence-electron chi connectivity index (χ1n) is 6.84. The summed E-state index contributed by atoms with van der Waals surface area (Å²) in [4.78, 5) is 0.258. The molecule has 0 radical (unpaired) electrons. The lowest BCUT2D eigenvalue weighted by Crippen LogP contribution is -2.15. The molecule has 0 unspecified atom stereocenters. The largest absolute Gasteiger partial charge is 0.497 e. The molecule has 0 aliphatic heterocycles. The molecule has 0 spiro atoms. The van der Waals surface area contributed by atoms with Gasteiger partial charge in [0.15, 0.2) is 9.84 Å². The van der Waals surface area contributed by atoms with Gasteiger partial charge in [-0.2, -0.15) is 0 Å². The summed E-state index contributed by atoms with van der Waals surface area (Å²) in [7, 11) is -1.87. The smallest absolute Gasteiger partial charge is 0.183 e. The molecule has 2 aromatic rings. The van der Waals surface area contributed by atoms with Gasteiger partial charge in [0.2, 0.25) is 0 Å². The predicted molar refractivity (Wildman–Crippen MR) is 86.1 cm³/mol. The van der Waals surface area contributed by atoms with Gasteiger partial charge in [0.1, 0.15) is 5.75 Å². The zero-order valence-electron chi connectivity index (χ0n) is 11.9. The van der Waals surface area contributed by atoms with Crippen LogP contribution in [0.25, 0.3) is 0 Å². The second kappa shape index (κ2) is 5.57. The molecule has 1 aliphatic rings. The maximum Gasteiger partial charge on any atom is 0.183 e. The molecule has 1 fully saturated rings. The number of methoxy groups -OCH3 is 1. The molecule has 3 rings (SSSR count). The molecule has 3 atom stereocenters. The highest BCUT2D eigenvalue weighted by molar-refractivity contribution is 7.92. The molecule has 0 heterocycles. The van der Waals surface area contributed by atoms with Crippen molar-refractivity contribution in [1.82, 2.24) is 0 Å². The summed E-state index contributed by atoms with van der Waals surface area (Å²) in [5.41, 5.74) is 6.94. The second-order valence-electron chi connectivity index (χ2n) is 5.34. The van der Waals surface area contributed by atoms with Gasteiger partial charge in [-0.15, -0.1) is 0 Å². The molecule has 1 aliphatic carbocycles. The standard InChI is InChI=1S/C16H16ClNO3S/c1-21-12-6-2-10(3-7-12)14-15(18)16(14)22(19,20)13-8-4-11(17)5-9-13/h2-9,14-16H,18H2,1H3/t14-,15-,16-/m1/s1. The number of benzene rings is 2. The Kier molecular flexibility index (Phi) is 3.89. The van der Waals surface area contributed by atoms with E-state index in [1.54, 1.807) is 19.2 Å². The topological polar surface area (TPSA) is 69.4 Å². The van der Waals surface area contributed by atoms with Crippen LogP contribution in [0.15, 0.2) is 53.4 Å². The van der Waals surface area contributed by atoms with Crippen LogP contribution in [0.3, 0.4) is 0 Å². The van der Waals surface area contributed by atoms with Crippen LogP contribution in [0.4, 0.5) is 0 Å². The lowest BCUT2D eigenvalue weighted by molar-refractivity contribution is 0.414. The Morgan fingerprint density at radius 1 is 1.05 bits per heavy atom. The second-order valence-corrected chi connectivity index (χ2v) is 7.88. The van der Waals surface area contributed by atoms with Crippen LogP contribution in [0.5, 0.6) is 5.75 Å². The quantitative estimate of drug-likeness (QED) is 0.931. The molecule has 4 nitrogen and oxygen atoms in total. The third-order valence-corrected chi connectivity index (χ3v) is 6.51. The number of ether oxygens (including phenoxy) is 1. The molecule has 2 N–H and O–H groups in total. The van der Waals surface area contributed by atoms with E-state index in [9.17, 15) is 8.42 Å². The Bertz CT molecular complexity index is 772. The van der Waals surface area contributed by atoms with E-state index in [4.69, 9.17) is 22.1 Å². The first-order chi connectivity index (χ1) is 10.4. The third kappa shape index (κ3) is 2.60. The number of halogens is 1. The molecule has 1 saturated carbocycles. The SMILES string of the molecule is COc1ccc([C@@H]2[C@@H](N)[C@@H]2S(=O)(=O)c2ccc(Cl)cc2)cc1. The van der Waals surface area contributed by atoms with Gasteiger partial charge in [0.25, 0.3) is 0 Å². The molecule has 22 heavy (non-hydrogen) atoms. The zero-order valence-corrected chi connectivity index (χ0v) is 13.5. The van der Waals surface area contributed by atoms with Gasteiger partial charge in [-0.25, -0.2) is 8.42 Å². The highest BCUT2D eigenvalue weighted by Crippen LogP contribution is 2.47. The van der Waals surface area contributed by atoms with Crippen LogP contribution in [0.2, 0.25) is 5.02 Å². The molecule has 2 aromatic carbocycles.